The SMILES string of the molecule is O=C(CS(=O)(=O)C1CC1)c1ccccc1-c1ccc2c(c1)OC[C@@H](Cc1ccc(-c3cncs3)cn1)[C@@H]2O. The van der Waals surface area contributed by atoms with Crippen LogP contribution in [0.1, 0.15) is 40.6 Å². The predicted octanol–water partition coefficient (Wildman–Crippen LogP) is 4.92. The fourth-order valence-electron chi connectivity index (χ4n) is 4.89. The molecule has 0 spiro atoms. The van der Waals surface area contributed by atoms with E-state index in [4.69, 9.17) is 4.74 Å². The molecule has 1 fully saturated rings. The lowest BCUT2D eigenvalue weighted by atomic mass is 9.88. The van der Waals surface area contributed by atoms with Crippen LogP contribution in [0.3, 0.4) is 0 Å². The maximum absolute atomic E-state index is 13.0. The number of hydrogen-bond acceptors (Lipinski definition) is 8. The molecule has 194 valence electrons. The minimum atomic E-state index is -3.42. The van der Waals surface area contributed by atoms with Crippen LogP contribution in [0.2, 0.25) is 0 Å². The number of ether oxygens (including phenoxy) is 1. The maximum Gasteiger partial charge on any atom is 0.178 e. The molecular formula is C29H26N2O5S2. The van der Waals surface area contributed by atoms with Gasteiger partial charge in [-0.25, -0.2) is 8.42 Å². The van der Waals surface area contributed by atoms with E-state index >= 15 is 0 Å². The molecule has 0 amide bonds. The van der Waals surface area contributed by atoms with E-state index < -0.39 is 27.5 Å². The second-order valence-corrected chi connectivity index (χ2v) is 13.0. The van der Waals surface area contributed by atoms with E-state index in [1.165, 1.54) is 0 Å². The van der Waals surface area contributed by atoms with E-state index in [1.807, 2.05) is 54.9 Å². The van der Waals surface area contributed by atoms with Crippen LogP contribution < -0.4 is 4.74 Å². The summed E-state index contributed by atoms with van der Waals surface area (Å²) in [7, 11) is -3.42. The number of aromatic nitrogens is 2. The molecule has 0 unspecified atom stereocenters. The van der Waals surface area contributed by atoms with Crippen molar-refractivity contribution in [2.24, 2.45) is 5.92 Å². The predicted molar refractivity (Wildman–Crippen MR) is 146 cm³/mol. The number of thiazole rings is 1. The Labute approximate surface area is 225 Å². The maximum atomic E-state index is 13.0. The Morgan fingerprint density at radius 3 is 2.61 bits per heavy atom. The molecule has 2 aromatic heterocycles. The molecule has 7 nitrogen and oxygen atoms in total. The molecule has 2 atom stereocenters. The lowest BCUT2D eigenvalue weighted by Gasteiger charge is -2.30. The Bertz CT molecular complexity index is 1580. The topological polar surface area (TPSA) is 106 Å². The Morgan fingerprint density at radius 2 is 1.87 bits per heavy atom. The summed E-state index contributed by atoms with van der Waals surface area (Å²) in [5, 5.41) is 10.8. The van der Waals surface area contributed by atoms with E-state index in [-0.39, 0.29) is 11.2 Å². The van der Waals surface area contributed by atoms with Gasteiger partial charge in [0.15, 0.2) is 15.6 Å². The van der Waals surface area contributed by atoms with Gasteiger partial charge in [-0.15, -0.1) is 11.3 Å². The van der Waals surface area contributed by atoms with Gasteiger partial charge in [0.05, 0.1) is 28.3 Å². The van der Waals surface area contributed by atoms with Crippen LogP contribution in [0.25, 0.3) is 21.6 Å². The summed E-state index contributed by atoms with van der Waals surface area (Å²) in [6.07, 6.45) is 4.76. The third-order valence-electron chi connectivity index (χ3n) is 7.15. The molecule has 38 heavy (non-hydrogen) atoms. The van der Waals surface area contributed by atoms with Crippen molar-refractivity contribution in [3.63, 3.8) is 0 Å². The van der Waals surface area contributed by atoms with E-state index in [1.54, 1.807) is 29.0 Å². The number of ketones is 1. The van der Waals surface area contributed by atoms with E-state index in [9.17, 15) is 18.3 Å². The normalized spacial score (nSPS) is 19.0. The Hall–Kier alpha value is -3.40. The number of carbonyl (C=O) groups is 1. The first kappa shape index (κ1) is 24.9. The highest BCUT2D eigenvalue weighted by atomic mass is 32.2. The van der Waals surface area contributed by atoms with Crippen molar-refractivity contribution in [2.75, 3.05) is 12.4 Å². The molecular weight excluding hydrogens is 520 g/mol. The number of sulfone groups is 1. The fraction of sp³-hybridized carbons (Fsp3) is 0.276. The van der Waals surface area contributed by atoms with Crippen molar-refractivity contribution in [3.8, 4) is 27.3 Å². The summed E-state index contributed by atoms with van der Waals surface area (Å²) in [4.78, 5) is 22.7. The number of rotatable bonds is 8. The number of benzene rings is 2. The van der Waals surface area contributed by atoms with Gasteiger partial charge >= 0.3 is 0 Å². The molecule has 6 rings (SSSR count). The highest BCUT2D eigenvalue weighted by Gasteiger charge is 2.37. The second-order valence-electron chi connectivity index (χ2n) is 9.85. The van der Waals surface area contributed by atoms with Crippen LogP contribution in [0.5, 0.6) is 5.75 Å². The van der Waals surface area contributed by atoms with E-state index in [0.29, 0.717) is 48.3 Å². The van der Waals surface area contributed by atoms with Crippen LogP contribution in [-0.4, -0.2) is 46.9 Å². The molecule has 2 aliphatic rings. The zero-order valence-corrected chi connectivity index (χ0v) is 22.1. The van der Waals surface area contributed by atoms with Gasteiger partial charge < -0.3 is 9.84 Å². The third-order valence-corrected chi connectivity index (χ3v) is 10.1. The summed E-state index contributed by atoms with van der Waals surface area (Å²) in [6.45, 7) is 0.329. The standard InChI is InChI=1S/C29H26N2O5S2/c32-26(16-38(34,35)22-8-9-22)24-4-2-1-3-23(24)18-6-10-25-27(12-18)36-15-20(29(25)33)11-21-7-5-19(13-31-21)28-14-30-17-37-28/h1-7,10,12-14,17,20,22,29,33H,8-9,11,15-16H2/t20-,29+/m1/s1. The van der Waals surface area contributed by atoms with Crippen LogP contribution >= 0.6 is 11.3 Å². The van der Waals surface area contributed by atoms with Crippen LogP contribution in [0.15, 0.2) is 72.5 Å². The smallest absolute Gasteiger partial charge is 0.178 e. The summed E-state index contributed by atoms with van der Waals surface area (Å²) < 4.78 is 30.9. The molecule has 1 saturated carbocycles. The molecule has 1 N–H and O–H groups in total. The van der Waals surface area contributed by atoms with Crippen LogP contribution in [0, 0.1) is 5.92 Å². The Balaban J connectivity index is 1.20. The number of carbonyl (C=O) groups excluding carboxylic acids is 1. The van der Waals surface area contributed by atoms with Gasteiger partial charge in [-0.2, -0.15) is 0 Å². The molecule has 3 heterocycles. The van der Waals surface area contributed by atoms with Crippen LogP contribution in [0.4, 0.5) is 0 Å². The zero-order valence-electron chi connectivity index (χ0n) is 20.5. The van der Waals surface area contributed by atoms with Crippen molar-refractivity contribution >= 4 is 27.0 Å². The average molecular weight is 547 g/mol. The number of aliphatic hydroxyl groups excluding tert-OH is 1. The summed E-state index contributed by atoms with van der Waals surface area (Å²) in [6, 6.07) is 16.5. The first-order valence-electron chi connectivity index (χ1n) is 12.5. The number of nitrogens with zero attached hydrogens (tertiary/aromatic N) is 2. The Morgan fingerprint density at radius 1 is 1.05 bits per heavy atom. The van der Waals surface area contributed by atoms with Gasteiger partial charge in [0.2, 0.25) is 0 Å². The molecule has 1 aliphatic carbocycles. The first-order valence-corrected chi connectivity index (χ1v) is 15.1. The van der Waals surface area contributed by atoms with Crippen LogP contribution in [-0.2, 0) is 16.3 Å². The number of Topliss-reactive ketones (excluding diaryl/α,β-unsaturated/α-hetero) is 1. The minimum absolute atomic E-state index is 0.156. The second kappa shape index (κ2) is 10.1. The number of aliphatic hydroxyl groups is 1. The Kier molecular flexibility index (Phi) is 6.59. The first-order chi connectivity index (χ1) is 18.4. The largest absolute Gasteiger partial charge is 0.493 e. The van der Waals surface area contributed by atoms with Gasteiger partial charge in [-0.05, 0) is 42.5 Å². The fourth-order valence-corrected chi connectivity index (χ4v) is 7.11. The number of fused-ring (bicyclic) bond motifs is 1. The molecule has 0 saturated heterocycles. The van der Waals surface area contributed by atoms with E-state index in [0.717, 1.165) is 21.7 Å². The van der Waals surface area contributed by atoms with Crippen molar-refractivity contribution in [2.45, 2.75) is 30.6 Å². The lowest BCUT2D eigenvalue weighted by molar-refractivity contribution is 0.0503. The highest BCUT2D eigenvalue weighted by molar-refractivity contribution is 7.93. The zero-order chi connectivity index (χ0) is 26.3. The van der Waals surface area contributed by atoms with Crippen molar-refractivity contribution in [1.29, 1.82) is 0 Å². The molecule has 1 aliphatic heterocycles. The number of hydrogen-bond donors (Lipinski definition) is 1. The van der Waals surface area contributed by atoms with Crippen molar-refractivity contribution in [1.82, 2.24) is 9.97 Å². The summed E-state index contributed by atoms with van der Waals surface area (Å²) in [5.41, 5.74) is 6.13. The average Bonchev–Trinajstić information content (AvgIpc) is 3.66. The minimum Gasteiger partial charge on any atom is -0.493 e. The summed E-state index contributed by atoms with van der Waals surface area (Å²) in [5.74, 6) is -0.472. The van der Waals surface area contributed by atoms with Crippen molar-refractivity contribution < 1.29 is 23.1 Å². The molecule has 0 radical (unpaired) electrons. The summed E-state index contributed by atoms with van der Waals surface area (Å²) >= 11 is 1.56. The molecule has 4 aromatic rings. The molecule has 2 aromatic carbocycles. The molecule has 0 bridgehead atoms. The van der Waals surface area contributed by atoms with Gasteiger partial charge in [0.25, 0.3) is 0 Å². The van der Waals surface area contributed by atoms with Gasteiger partial charge in [-0.3, -0.25) is 14.8 Å². The van der Waals surface area contributed by atoms with Gasteiger partial charge in [0.1, 0.15) is 11.5 Å². The van der Waals surface area contributed by atoms with Crippen molar-refractivity contribution in [3.05, 3.63) is 89.3 Å². The lowest BCUT2D eigenvalue weighted by Crippen LogP contribution is -2.28. The van der Waals surface area contributed by atoms with Gasteiger partial charge in [-0.1, -0.05) is 42.5 Å². The van der Waals surface area contributed by atoms with Gasteiger partial charge in [0, 0.05) is 40.7 Å². The monoisotopic (exact) mass is 546 g/mol. The third kappa shape index (κ3) is 5.01. The molecule has 9 heteroatoms. The quantitative estimate of drug-likeness (QED) is 0.313. The van der Waals surface area contributed by atoms with E-state index in [2.05, 4.69) is 9.97 Å². The highest BCUT2D eigenvalue weighted by Crippen LogP contribution is 2.40. The number of pyridine rings is 1.